The van der Waals surface area contributed by atoms with E-state index in [1.807, 2.05) is 19.9 Å². The van der Waals surface area contributed by atoms with E-state index < -0.39 is 0 Å². The van der Waals surface area contributed by atoms with Gasteiger partial charge in [0.1, 0.15) is 17.7 Å². The fraction of sp³-hybridized carbons (Fsp3) is 0.500. The molecule has 2 heterocycles. The summed E-state index contributed by atoms with van der Waals surface area (Å²) < 4.78 is 10.9. The number of aromatic nitrogens is 1. The van der Waals surface area contributed by atoms with Gasteiger partial charge < -0.3 is 9.47 Å². The molecule has 1 aromatic heterocycles. The van der Waals surface area contributed by atoms with Crippen LogP contribution in [0.2, 0.25) is 0 Å². The summed E-state index contributed by atoms with van der Waals surface area (Å²) >= 11 is 0. The van der Waals surface area contributed by atoms with Gasteiger partial charge in [-0.25, -0.2) is 4.98 Å². The molecule has 0 radical (unpaired) electrons. The van der Waals surface area contributed by atoms with Crippen LogP contribution in [0.25, 0.3) is 0 Å². The minimum absolute atomic E-state index is 0.0285. The first-order chi connectivity index (χ1) is 7.70. The summed E-state index contributed by atoms with van der Waals surface area (Å²) in [6, 6.07) is 4.02. The summed E-state index contributed by atoms with van der Waals surface area (Å²) in [5.41, 5.74) is 2.30. The predicted molar refractivity (Wildman–Crippen MR) is 58.3 cm³/mol. The third-order valence-corrected chi connectivity index (χ3v) is 2.59. The maximum Gasteiger partial charge on any atom is 0.232 e. The number of ether oxygens (including phenoxy) is 2. The van der Waals surface area contributed by atoms with Crippen molar-refractivity contribution in [1.82, 2.24) is 4.98 Å². The van der Waals surface area contributed by atoms with Crippen LogP contribution in [0.4, 0.5) is 0 Å². The molecule has 0 spiro atoms. The molecule has 1 fully saturated rings. The zero-order valence-corrected chi connectivity index (χ0v) is 9.49. The predicted octanol–water partition coefficient (Wildman–Crippen LogP) is 1.74. The Labute approximate surface area is 94.8 Å². The Kier molecular flexibility index (Phi) is 3.07. The van der Waals surface area contributed by atoms with Crippen LogP contribution in [-0.2, 0) is 4.74 Å². The maximum absolute atomic E-state index is 9.06. The van der Waals surface area contributed by atoms with E-state index in [1.54, 1.807) is 0 Å². The van der Waals surface area contributed by atoms with Gasteiger partial charge in [-0.05, 0) is 25.5 Å². The van der Waals surface area contributed by atoms with Crippen LogP contribution in [0.1, 0.15) is 23.2 Å². The topological polar surface area (TPSA) is 55.1 Å². The van der Waals surface area contributed by atoms with Crippen LogP contribution in [0.15, 0.2) is 6.07 Å². The van der Waals surface area contributed by atoms with Crippen LogP contribution in [0.3, 0.4) is 0 Å². The van der Waals surface area contributed by atoms with E-state index in [-0.39, 0.29) is 6.10 Å². The van der Waals surface area contributed by atoms with Gasteiger partial charge in [0.2, 0.25) is 5.88 Å². The monoisotopic (exact) mass is 218 g/mol. The lowest BCUT2D eigenvalue weighted by atomic mass is 10.1. The van der Waals surface area contributed by atoms with Crippen molar-refractivity contribution in [2.24, 2.45) is 0 Å². The molecule has 0 bridgehead atoms. The highest BCUT2D eigenvalue weighted by molar-refractivity contribution is 5.45. The second kappa shape index (κ2) is 4.50. The Morgan fingerprint density at radius 2 is 2.38 bits per heavy atom. The molecule has 16 heavy (non-hydrogen) atoms. The average molecular weight is 218 g/mol. The van der Waals surface area contributed by atoms with Crippen molar-refractivity contribution in [3.63, 3.8) is 0 Å². The molecule has 0 aliphatic carbocycles. The van der Waals surface area contributed by atoms with Crippen molar-refractivity contribution in [1.29, 1.82) is 5.26 Å². The lowest BCUT2D eigenvalue weighted by molar-refractivity contribution is 0.137. The van der Waals surface area contributed by atoms with Crippen LogP contribution in [-0.4, -0.2) is 24.3 Å². The Hall–Kier alpha value is -1.60. The van der Waals surface area contributed by atoms with Gasteiger partial charge in [-0.3, -0.25) is 0 Å². The molecular weight excluding hydrogens is 204 g/mol. The summed E-state index contributed by atoms with van der Waals surface area (Å²) in [6.07, 6.45) is 0.889. The van der Waals surface area contributed by atoms with Gasteiger partial charge in [-0.1, -0.05) is 0 Å². The third kappa shape index (κ3) is 2.15. The Bertz CT molecular complexity index is 431. The van der Waals surface area contributed by atoms with Crippen molar-refractivity contribution in [3.8, 4) is 11.9 Å². The van der Waals surface area contributed by atoms with Gasteiger partial charge in [0.05, 0.1) is 13.2 Å². The number of rotatable bonds is 2. The van der Waals surface area contributed by atoms with Gasteiger partial charge in [0.15, 0.2) is 0 Å². The fourth-order valence-corrected chi connectivity index (χ4v) is 1.79. The summed E-state index contributed by atoms with van der Waals surface area (Å²) in [6.45, 7) is 5.09. The molecule has 0 aromatic carbocycles. The zero-order chi connectivity index (χ0) is 11.5. The van der Waals surface area contributed by atoms with Crippen LogP contribution in [0.5, 0.6) is 5.88 Å². The molecule has 0 amide bonds. The fourth-order valence-electron chi connectivity index (χ4n) is 1.79. The highest BCUT2D eigenvalue weighted by Gasteiger charge is 2.20. The molecule has 1 aliphatic rings. The minimum Gasteiger partial charge on any atom is -0.471 e. The highest BCUT2D eigenvalue weighted by Crippen LogP contribution is 2.22. The van der Waals surface area contributed by atoms with E-state index in [0.717, 1.165) is 24.3 Å². The van der Waals surface area contributed by atoms with E-state index in [0.29, 0.717) is 18.1 Å². The SMILES string of the molecule is Cc1cc(C)c(C#N)c(OC2CCOC2)n1. The van der Waals surface area contributed by atoms with Crippen molar-refractivity contribution in [2.45, 2.75) is 26.4 Å². The van der Waals surface area contributed by atoms with E-state index in [9.17, 15) is 0 Å². The third-order valence-electron chi connectivity index (χ3n) is 2.59. The zero-order valence-electron chi connectivity index (χ0n) is 9.49. The second-order valence-electron chi connectivity index (χ2n) is 3.98. The molecular formula is C12H14N2O2. The Morgan fingerprint density at radius 1 is 1.56 bits per heavy atom. The molecule has 1 saturated heterocycles. The summed E-state index contributed by atoms with van der Waals surface area (Å²) in [5.74, 6) is 0.440. The number of hydrogen-bond acceptors (Lipinski definition) is 4. The van der Waals surface area contributed by atoms with Crippen molar-refractivity contribution in [3.05, 3.63) is 22.9 Å². The van der Waals surface area contributed by atoms with Gasteiger partial charge >= 0.3 is 0 Å². The maximum atomic E-state index is 9.06. The van der Waals surface area contributed by atoms with Gasteiger partial charge in [0.25, 0.3) is 0 Å². The molecule has 1 atom stereocenters. The molecule has 1 aliphatic heterocycles. The number of pyridine rings is 1. The lowest BCUT2D eigenvalue weighted by Crippen LogP contribution is -2.17. The first-order valence-electron chi connectivity index (χ1n) is 5.33. The standard InChI is InChI=1S/C12H14N2O2/c1-8-5-9(2)14-12(11(8)6-13)16-10-3-4-15-7-10/h5,10H,3-4,7H2,1-2H3. The van der Waals surface area contributed by atoms with Crippen molar-refractivity contribution < 1.29 is 9.47 Å². The first-order valence-corrected chi connectivity index (χ1v) is 5.33. The average Bonchev–Trinajstić information content (AvgIpc) is 2.70. The van der Waals surface area contributed by atoms with Gasteiger partial charge in [-0.15, -0.1) is 0 Å². The Morgan fingerprint density at radius 3 is 3.00 bits per heavy atom. The van der Waals surface area contributed by atoms with E-state index in [4.69, 9.17) is 14.7 Å². The lowest BCUT2D eigenvalue weighted by Gasteiger charge is -2.13. The van der Waals surface area contributed by atoms with E-state index >= 15 is 0 Å². The summed E-state index contributed by atoms with van der Waals surface area (Å²) in [7, 11) is 0. The first kappa shape index (κ1) is 10.9. The molecule has 0 saturated carbocycles. The Balaban J connectivity index is 2.28. The van der Waals surface area contributed by atoms with Crippen molar-refractivity contribution >= 4 is 0 Å². The molecule has 0 N–H and O–H groups in total. The molecule has 1 unspecified atom stereocenters. The van der Waals surface area contributed by atoms with Crippen LogP contribution in [0, 0.1) is 25.2 Å². The molecule has 1 aromatic rings. The van der Waals surface area contributed by atoms with Gasteiger partial charge in [0, 0.05) is 12.1 Å². The molecule has 4 heteroatoms. The van der Waals surface area contributed by atoms with Crippen LogP contribution < -0.4 is 4.74 Å². The van der Waals surface area contributed by atoms with Crippen molar-refractivity contribution in [2.75, 3.05) is 13.2 Å². The minimum atomic E-state index is 0.0285. The summed E-state index contributed by atoms with van der Waals surface area (Å²) in [5, 5.41) is 9.06. The number of nitrogens with zero attached hydrogens (tertiary/aromatic N) is 2. The second-order valence-corrected chi connectivity index (χ2v) is 3.98. The number of hydrogen-bond donors (Lipinski definition) is 0. The molecule has 84 valence electrons. The van der Waals surface area contributed by atoms with E-state index in [2.05, 4.69) is 11.1 Å². The highest BCUT2D eigenvalue weighted by atomic mass is 16.5. The largest absolute Gasteiger partial charge is 0.471 e. The molecule has 4 nitrogen and oxygen atoms in total. The molecule has 2 rings (SSSR count). The summed E-state index contributed by atoms with van der Waals surface area (Å²) in [4.78, 5) is 4.27. The van der Waals surface area contributed by atoms with E-state index in [1.165, 1.54) is 0 Å². The smallest absolute Gasteiger partial charge is 0.232 e. The van der Waals surface area contributed by atoms with Crippen LogP contribution >= 0.6 is 0 Å². The normalized spacial score (nSPS) is 19.4. The van der Waals surface area contributed by atoms with Gasteiger partial charge in [-0.2, -0.15) is 5.26 Å². The number of nitriles is 1. The quantitative estimate of drug-likeness (QED) is 0.758. The number of aryl methyl sites for hydroxylation is 2.